The van der Waals surface area contributed by atoms with Crippen molar-refractivity contribution in [2.45, 2.75) is 12.8 Å². The minimum absolute atomic E-state index is 0.0834. The summed E-state index contributed by atoms with van der Waals surface area (Å²) < 4.78 is 16.1. The van der Waals surface area contributed by atoms with Crippen LogP contribution in [-0.4, -0.2) is 51.2 Å². The highest BCUT2D eigenvalue weighted by molar-refractivity contribution is 7.12. The van der Waals surface area contributed by atoms with E-state index in [-0.39, 0.29) is 5.78 Å². The van der Waals surface area contributed by atoms with E-state index in [0.717, 1.165) is 53.2 Å². The number of rotatable bonds is 3. The molecule has 1 aliphatic heterocycles. The van der Waals surface area contributed by atoms with Gasteiger partial charge in [0.15, 0.2) is 5.78 Å². The van der Waals surface area contributed by atoms with E-state index in [0.29, 0.717) is 24.7 Å². The second-order valence-electron chi connectivity index (χ2n) is 6.91. The molecular formula is C23H23NO4S. The molecule has 0 amide bonds. The van der Waals surface area contributed by atoms with Crippen molar-refractivity contribution >= 4 is 17.1 Å². The summed E-state index contributed by atoms with van der Waals surface area (Å²) >= 11 is 1.48. The summed E-state index contributed by atoms with van der Waals surface area (Å²) in [6.45, 7) is 3.12. The number of nitrogens with zero attached hydrogens (tertiary/aromatic N) is 1. The largest absolute Gasteiger partial charge is 0.497 e. The van der Waals surface area contributed by atoms with Gasteiger partial charge < -0.3 is 19.1 Å². The van der Waals surface area contributed by atoms with E-state index >= 15 is 0 Å². The second kappa shape index (κ2) is 8.73. The molecule has 2 heterocycles. The molecule has 5 nitrogen and oxygen atoms in total. The molecule has 1 fully saturated rings. The third-order valence-electron chi connectivity index (χ3n) is 5.16. The molecule has 0 saturated carbocycles. The molecule has 1 aromatic heterocycles. The van der Waals surface area contributed by atoms with Crippen molar-refractivity contribution < 1.29 is 19.0 Å². The van der Waals surface area contributed by atoms with Crippen molar-refractivity contribution in [2.24, 2.45) is 0 Å². The van der Waals surface area contributed by atoms with Gasteiger partial charge in [-0.05, 0) is 30.5 Å². The van der Waals surface area contributed by atoms with Crippen LogP contribution in [0.1, 0.15) is 32.8 Å². The number of thiophene rings is 1. The molecule has 0 unspecified atom stereocenters. The first-order valence-electron chi connectivity index (χ1n) is 9.61. The molecule has 0 spiro atoms. The smallest absolute Gasteiger partial charge is 0.197 e. The van der Waals surface area contributed by atoms with Crippen LogP contribution in [0.4, 0.5) is 0 Å². The quantitative estimate of drug-likeness (QED) is 0.726. The Morgan fingerprint density at radius 2 is 1.76 bits per heavy atom. The highest BCUT2D eigenvalue weighted by Crippen LogP contribution is 2.30. The highest BCUT2D eigenvalue weighted by atomic mass is 32.1. The van der Waals surface area contributed by atoms with Crippen LogP contribution < -0.4 is 9.47 Å². The van der Waals surface area contributed by atoms with Crippen molar-refractivity contribution in [1.29, 1.82) is 0 Å². The van der Waals surface area contributed by atoms with E-state index in [1.807, 2.05) is 23.6 Å². The van der Waals surface area contributed by atoms with Crippen LogP contribution in [0.15, 0.2) is 35.4 Å². The number of ketones is 1. The van der Waals surface area contributed by atoms with E-state index in [9.17, 15) is 4.79 Å². The van der Waals surface area contributed by atoms with Gasteiger partial charge in [-0.3, -0.25) is 4.79 Å². The second-order valence-corrected chi connectivity index (χ2v) is 7.79. The van der Waals surface area contributed by atoms with Crippen LogP contribution in [0.2, 0.25) is 0 Å². The molecule has 1 aliphatic carbocycles. The third kappa shape index (κ3) is 4.31. The number of fused-ring (bicyclic) bond motifs is 1. The lowest BCUT2D eigenvalue weighted by molar-refractivity contribution is 0.0519. The minimum Gasteiger partial charge on any atom is -0.497 e. The zero-order valence-electron chi connectivity index (χ0n) is 16.6. The van der Waals surface area contributed by atoms with Gasteiger partial charge in [0.05, 0.1) is 32.3 Å². The van der Waals surface area contributed by atoms with Gasteiger partial charge >= 0.3 is 0 Å². The lowest BCUT2D eigenvalue weighted by atomic mass is 10.0. The molecule has 6 heteroatoms. The molecule has 2 aromatic rings. The molecule has 150 valence electrons. The molecule has 0 N–H and O–H groups in total. The van der Waals surface area contributed by atoms with Gasteiger partial charge in [-0.2, -0.15) is 0 Å². The lowest BCUT2D eigenvalue weighted by Crippen LogP contribution is -2.35. The van der Waals surface area contributed by atoms with Crippen molar-refractivity contribution in [3.05, 3.63) is 56.9 Å². The number of allylic oxidation sites excluding steroid dienone is 2. The monoisotopic (exact) mass is 409 g/mol. The molecule has 0 atom stereocenters. The molecular weight excluding hydrogens is 386 g/mol. The van der Waals surface area contributed by atoms with E-state index in [1.54, 1.807) is 20.3 Å². The van der Waals surface area contributed by atoms with Crippen molar-refractivity contribution in [3.63, 3.8) is 0 Å². The van der Waals surface area contributed by atoms with E-state index in [2.05, 4.69) is 16.7 Å². The Hall–Kier alpha value is -2.75. The van der Waals surface area contributed by atoms with Gasteiger partial charge in [0.25, 0.3) is 0 Å². The van der Waals surface area contributed by atoms with Crippen LogP contribution in [0.25, 0.3) is 0 Å². The molecule has 29 heavy (non-hydrogen) atoms. The molecule has 4 rings (SSSR count). The van der Waals surface area contributed by atoms with Crippen LogP contribution in [-0.2, 0) is 11.2 Å². The Morgan fingerprint density at radius 3 is 2.45 bits per heavy atom. The lowest BCUT2D eigenvalue weighted by Gasteiger charge is -2.30. The van der Waals surface area contributed by atoms with Crippen LogP contribution >= 0.6 is 11.3 Å². The number of methoxy groups -OCH3 is 2. The Labute approximate surface area is 174 Å². The topological polar surface area (TPSA) is 48.0 Å². The van der Waals surface area contributed by atoms with Crippen LogP contribution in [0, 0.1) is 11.8 Å². The van der Waals surface area contributed by atoms with Crippen LogP contribution in [0.3, 0.4) is 0 Å². The Balaban J connectivity index is 1.58. The number of hydrogen-bond donors (Lipinski definition) is 0. The average Bonchev–Trinajstić information content (AvgIpc) is 3.10. The fourth-order valence-corrected chi connectivity index (χ4v) is 4.57. The molecule has 0 radical (unpaired) electrons. The summed E-state index contributed by atoms with van der Waals surface area (Å²) in [7, 11) is 3.24. The number of morpholine rings is 1. The first kappa shape index (κ1) is 19.6. The maximum Gasteiger partial charge on any atom is 0.197 e. The summed E-state index contributed by atoms with van der Waals surface area (Å²) in [6, 6.07) is 5.58. The Kier molecular flexibility index (Phi) is 5.89. The van der Waals surface area contributed by atoms with Crippen LogP contribution in [0.5, 0.6) is 11.5 Å². The third-order valence-corrected chi connectivity index (χ3v) is 6.19. The van der Waals surface area contributed by atoms with Gasteiger partial charge in [-0.15, -0.1) is 11.3 Å². The SMILES string of the molecule is COc1cc(C#Cc2csc3c2CCC(N2CCOCC2)=CC3=O)cc(OC)c1. The number of benzene rings is 1. The standard InChI is InChI=1S/C23H23NO4S/c1-26-19-11-16(12-20(14-19)27-2)3-4-17-15-29-23-21(17)6-5-18(13-22(23)25)24-7-9-28-10-8-24/h11-15H,5-10H2,1-2H3. The summed E-state index contributed by atoms with van der Waals surface area (Å²) in [5.41, 5.74) is 3.91. The van der Waals surface area contributed by atoms with Crippen molar-refractivity contribution in [3.8, 4) is 23.3 Å². The van der Waals surface area contributed by atoms with Crippen molar-refractivity contribution in [2.75, 3.05) is 40.5 Å². The Morgan fingerprint density at radius 1 is 1.03 bits per heavy atom. The predicted molar refractivity (Wildman–Crippen MR) is 113 cm³/mol. The molecule has 0 bridgehead atoms. The van der Waals surface area contributed by atoms with E-state index in [4.69, 9.17) is 14.2 Å². The van der Waals surface area contributed by atoms with Gasteiger partial charge in [-0.25, -0.2) is 0 Å². The Bertz CT molecular complexity index is 983. The highest BCUT2D eigenvalue weighted by Gasteiger charge is 2.23. The molecule has 1 saturated heterocycles. The van der Waals surface area contributed by atoms with E-state index < -0.39 is 0 Å². The first-order chi connectivity index (χ1) is 14.2. The van der Waals surface area contributed by atoms with Gasteiger partial charge in [0, 0.05) is 47.4 Å². The number of carbonyl (C=O) groups is 1. The fraction of sp³-hybridized carbons (Fsp3) is 0.348. The number of hydrogen-bond acceptors (Lipinski definition) is 6. The molecule has 2 aliphatic rings. The maximum absolute atomic E-state index is 12.8. The zero-order valence-corrected chi connectivity index (χ0v) is 17.4. The summed E-state index contributed by atoms with van der Waals surface area (Å²) in [6.07, 6.45) is 3.47. The van der Waals surface area contributed by atoms with Gasteiger partial charge in [0.1, 0.15) is 11.5 Å². The predicted octanol–water partition coefficient (Wildman–Crippen LogP) is 3.51. The van der Waals surface area contributed by atoms with Gasteiger partial charge in [0.2, 0.25) is 0 Å². The van der Waals surface area contributed by atoms with E-state index in [1.165, 1.54) is 11.3 Å². The number of ether oxygens (including phenoxy) is 3. The number of carbonyl (C=O) groups excluding carboxylic acids is 1. The first-order valence-corrected chi connectivity index (χ1v) is 10.5. The van der Waals surface area contributed by atoms with Crippen molar-refractivity contribution in [1.82, 2.24) is 4.90 Å². The normalized spacial score (nSPS) is 16.3. The summed E-state index contributed by atoms with van der Waals surface area (Å²) in [5, 5.41) is 1.99. The van der Waals surface area contributed by atoms with Gasteiger partial charge in [-0.1, -0.05) is 11.8 Å². The summed E-state index contributed by atoms with van der Waals surface area (Å²) in [5.74, 6) is 7.94. The maximum atomic E-state index is 12.8. The molecule has 1 aromatic carbocycles. The minimum atomic E-state index is 0.0834. The average molecular weight is 410 g/mol. The fourth-order valence-electron chi connectivity index (χ4n) is 3.60. The summed E-state index contributed by atoms with van der Waals surface area (Å²) in [4.78, 5) is 15.9. The zero-order chi connectivity index (χ0) is 20.2.